The van der Waals surface area contributed by atoms with E-state index in [4.69, 9.17) is 0 Å². The number of hydrogen-bond donors (Lipinski definition) is 1. The van der Waals surface area contributed by atoms with Gasteiger partial charge in [0.2, 0.25) is 5.91 Å². The maximum absolute atomic E-state index is 10.8. The Hall–Kier alpha value is -1.05. The molecule has 0 fully saturated rings. The second-order valence-electron chi connectivity index (χ2n) is 2.49. The van der Waals surface area contributed by atoms with Gasteiger partial charge in [0.25, 0.3) is 0 Å². The van der Waals surface area contributed by atoms with E-state index in [1.165, 1.54) is 6.08 Å². The highest BCUT2D eigenvalue weighted by atomic mass is 16.1. The lowest BCUT2D eigenvalue weighted by Gasteiger charge is -1.97. The molecule has 56 valence electrons. The van der Waals surface area contributed by atoms with Crippen LogP contribution in [0.25, 0.3) is 0 Å². The molecule has 0 radical (unpaired) electrons. The predicted molar refractivity (Wildman–Crippen MR) is 42.4 cm³/mol. The molecule has 1 amide bonds. The van der Waals surface area contributed by atoms with Crippen molar-refractivity contribution in [2.24, 2.45) is 0 Å². The molecule has 0 bridgehead atoms. The molecule has 0 saturated heterocycles. The van der Waals surface area contributed by atoms with E-state index in [-0.39, 0.29) is 5.91 Å². The summed E-state index contributed by atoms with van der Waals surface area (Å²) >= 11 is 0. The summed E-state index contributed by atoms with van der Waals surface area (Å²) in [7, 11) is 0. The van der Waals surface area contributed by atoms with Gasteiger partial charge in [-0.2, -0.15) is 0 Å². The summed E-state index contributed by atoms with van der Waals surface area (Å²) < 4.78 is 0. The molecule has 2 heteroatoms. The fraction of sp³-hybridized carbons (Fsp3) is 0.375. The number of nitrogens with one attached hydrogen (secondary N) is 1. The fourth-order valence-electron chi connectivity index (χ4n) is 0.509. The summed E-state index contributed by atoms with van der Waals surface area (Å²) in [4.78, 5) is 10.8. The molecule has 0 rings (SSSR count). The largest absolute Gasteiger partial charge is 0.327 e. The molecule has 0 saturated carbocycles. The number of rotatable bonds is 2. The van der Waals surface area contributed by atoms with Crippen molar-refractivity contribution < 1.29 is 4.79 Å². The van der Waals surface area contributed by atoms with Gasteiger partial charge in [-0.1, -0.05) is 12.2 Å². The summed E-state index contributed by atoms with van der Waals surface area (Å²) in [5.74, 6) is -0.104. The van der Waals surface area contributed by atoms with E-state index in [1.807, 2.05) is 13.8 Å². The molecule has 0 heterocycles. The molecule has 2 nitrogen and oxygen atoms in total. The Bertz CT molecular complexity index is 176. The molecule has 0 aliphatic rings. The first-order valence-corrected chi connectivity index (χ1v) is 3.14. The summed E-state index contributed by atoms with van der Waals surface area (Å²) in [5, 5.41) is 2.56. The number of carbonyl (C=O) groups excluding carboxylic acids is 1. The Morgan fingerprint density at radius 1 is 1.40 bits per heavy atom. The molecule has 10 heavy (non-hydrogen) atoms. The quantitative estimate of drug-likeness (QED) is 0.578. The van der Waals surface area contributed by atoms with Gasteiger partial charge in [0, 0.05) is 11.8 Å². The lowest BCUT2D eigenvalue weighted by molar-refractivity contribution is -0.115. The minimum absolute atomic E-state index is 0.104. The molecular formula is C8H13NO. The fourth-order valence-corrected chi connectivity index (χ4v) is 0.509. The highest BCUT2D eigenvalue weighted by molar-refractivity contribution is 5.89. The normalized spacial score (nSPS) is 8.30. The van der Waals surface area contributed by atoms with Gasteiger partial charge in [-0.05, 0) is 20.8 Å². The number of carbonyl (C=O) groups is 1. The van der Waals surface area contributed by atoms with Crippen LogP contribution in [-0.4, -0.2) is 5.91 Å². The zero-order valence-electron chi connectivity index (χ0n) is 6.69. The second kappa shape index (κ2) is 3.88. The molecule has 1 N–H and O–H groups in total. The van der Waals surface area contributed by atoms with E-state index in [9.17, 15) is 4.79 Å². The van der Waals surface area contributed by atoms with Crippen LogP contribution in [0.5, 0.6) is 0 Å². The van der Waals surface area contributed by atoms with Gasteiger partial charge >= 0.3 is 0 Å². The molecule has 0 atom stereocenters. The third-order valence-corrected chi connectivity index (χ3v) is 0.756. The Balaban J connectivity index is 3.88. The average molecular weight is 139 g/mol. The van der Waals surface area contributed by atoms with Gasteiger partial charge in [-0.3, -0.25) is 4.79 Å². The molecule has 0 aromatic heterocycles. The smallest absolute Gasteiger partial charge is 0.248 e. The predicted octanol–water partition coefficient (Wildman–Crippen LogP) is 1.60. The van der Waals surface area contributed by atoms with Crippen molar-refractivity contribution >= 4 is 5.91 Å². The van der Waals surface area contributed by atoms with Gasteiger partial charge in [0.15, 0.2) is 0 Å². The van der Waals surface area contributed by atoms with Crippen molar-refractivity contribution in [2.75, 3.05) is 0 Å². The van der Waals surface area contributed by atoms with Crippen molar-refractivity contribution in [1.29, 1.82) is 0 Å². The van der Waals surface area contributed by atoms with Crippen molar-refractivity contribution in [1.82, 2.24) is 5.32 Å². The number of hydrogen-bond acceptors (Lipinski definition) is 1. The third kappa shape index (κ3) is 5.09. The molecular weight excluding hydrogens is 126 g/mol. The second-order valence-corrected chi connectivity index (χ2v) is 2.49. The van der Waals surface area contributed by atoms with E-state index in [2.05, 4.69) is 11.9 Å². The van der Waals surface area contributed by atoms with E-state index < -0.39 is 0 Å². The van der Waals surface area contributed by atoms with Crippen molar-refractivity contribution in [3.8, 4) is 0 Å². The zero-order valence-corrected chi connectivity index (χ0v) is 6.69. The van der Waals surface area contributed by atoms with Crippen LogP contribution in [0.15, 0.2) is 23.9 Å². The van der Waals surface area contributed by atoms with Crippen molar-refractivity contribution in [3.05, 3.63) is 23.9 Å². The third-order valence-electron chi connectivity index (χ3n) is 0.756. The Kier molecular flexibility index (Phi) is 3.47. The van der Waals surface area contributed by atoms with E-state index in [1.54, 1.807) is 6.92 Å². The number of amides is 1. The van der Waals surface area contributed by atoms with E-state index in [0.717, 1.165) is 5.57 Å². The van der Waals surface area contributed by atoms with Crippen molar-refractivity contribution in [2.45, 2.75) is 20.8 Å². The SMILES string of the molecule is C=C(C)NC(=O)C=C(C)C. The van der Waals surface area contributed by atoms with Crippen LogP contribution in [0.3, 0.4) is 0 Å². The molecule has 0 spiro atoms. The van der Waals surface area contributed by atoms with Gasteiger partial charge in [0.05, 0.1) is 0 Å². The summed E-state index contributed by atoms with van der Waals surface area (Å²) in [6, 6.07) is 0. The van der Waals surface area contributed by atoms with Crippen LogP contribution in [0, 0.1) is 0 Å². The maximum atomic E-state index is 10.8. The molecule has 0 unspecified atom stereocenters. The molecule has 0 aromatic carbocycles. The Morgan fingerprint density at radius 2 is 1.90 bits per heavy atom. The van der Waals surface area contributed by atoms with Crippen molar-refractivity contribution in [3.63, 3.8) is 0 Å². The molecule has 0 aliphatic carbocycles. The Labute approximate surface area is 61.6 Å². The number of allylic oxidation sites excluding steroid dienone is 2. The monoisotopic (exact) mass is 139 g/mol. The van der Waals surface area contributed by atoms with Crippen LogP contribution >= 0.6 is 0 Å². The molecule has 0 aromatic rings. The average Bonchev–Trinajstić information content (AvgIpc) is 1.58. The zero-order chi connectivity index (χ0) is 8.15. The van der Waals surface area contributed by atoms with Gasteiger partial charge < -0.3 is 5.32 Å². The maximum Gasteiger partial charge on any atom is 0.248 e. The van der Waals surface area contributed by atoms with E-state index >= 15 is 0 Å². The van der Waals surface area contributed by atoms with E-state index in [0.29, 0.717) is 5.70 Å². The highest BCUT2D eigenvalue weighted by Gasteiger charge is 1.92. The van der Waals surface area contributed by atoms with Gasteiger partial charge in [0.1, 0.15) is 0 Å². The van der Waals surface area contributed by atoms with Crippen LogP contribution in [0.2, 0.25) is 0 Å². The van der Waals surface area contributed by atoms with Crippen LogP contribution in [0.4, 0.5) is 0 Å². The minimum atomic E-state index is -0.104. The first-order valence-electron chi connectivity index (χ1n) is 3.14. The highest BCUT2D eigenvalue weighted by Crippen LogP contribution is 1.88. The Morgan fingerprint density at radius 3 is 2.20 bits per heavy atom. The van der Waals surface area contributed by atoms with Crippen LogP contribution < -0.4 is 5.32 Å². The lowest BCUT2D eigenvalue weighted by Crippen LogP contribution is -2.17. The first kappa shape index (κ1) is 8.95. The summed E-state index contributed by atoms with van der Waals surface area (Å²) in [6.07, 6.45) is 1.54. The summed E-state index contributed by atoms with van der Waals surface area (Å²) in [5.41, 5.74) is 1.65. The first-order chi connectivity index (χ1) is 4.52. The topological polar surface area (TPSA) is 29.1 Å². The van der Waals surface area contributed by atoms with Gasteiger partial charge in [-0.15, -0.1) is 0 Å². The minimum Gasteiger partial charge on any atom is -0.327 e. The van der Waals surface area contributed by atoms with Crippen LogP contribution in [-0.2, 0) is 4.79 Å². The van der Waals surface area contributed by atoms with Crippen LogP contribution in [0.1, 0.15) is 20.8 Å². The standard InChI is InChI=1S/C8H13NO/c1-6(2)5-8(10)9-7(3)4/h5H,3H2,1-2,4H3,(H,9,10). The summed E-state index contributed by atoms with van der Waals surface area (Å²) in [6.45, 7) is 9.03. The van der Waals surface area contributed by atoms with Gasteiger partial charge in [-0.25, -0.2) is 0 Å². The molecule has 0 aliphatic heterocycles. The lowest BCUT2D eigenvalue weighted by atomic mass is 10.3.